The van der Waals surface area contributed by atoms with E-state index >= 15 is 0 Å². The van der Waals surface area contributed by atoms with E-state index in [1.165, 1.54) is 23.0 Å². The first kappa shape index (κ1) is 24.7. The van der Waals surface area contributed by atoms with Gasteiger partial charge in [0.2, 0.25) is 0 Å². The summed E-state index contributed by atoms with van der Waals surface area (Å²) < 4.78 is 0. The second kappa shape index (κ2) is 14.5. The van der Waals surface area contributed by atoms with Crippen molar-refractivity contribution in [1.82, 2.24) is 0 Å². The largest absolute Gasteiger partial charge is 0.481 e. The molecule has 0 spiro atoms. The summed E-state index contributed by atoms with van der Waals surface area (Å²) in [6, 6.07) is 0. The zero-order valence-electron chi connectivity index (χ0n) is 10.1. The lowest BCUT2D eigenvalue weighted by Crippen LogP contribution is -2.10. The fourth-order valence-corrected chi connectivity index (χ4v) is 3.67. The van der Waals surface area contributed by atoms with E-state index in [9.17, 15) is 0 Å². The summed E-state index contributed by atoms with van der Waals surface area (Å²) in [5, 5.41) is 7.42. The van der Waals surface area contributed by atoms with Gasteiger partial charge in [-0.2, -0.15) is 0 Å². The van der Waals surface area contributed by atoms with Crippen molar-refractivity contribution >= 4 is 39.1 Å². The standard InChI is InChI=1S/C8H20S.C2H4O2.Mg.H2O.2H/c1-5-9(6-2,7-3)8-4;1-2(3)4;;;;/h5-8H2,1-4H3;1H3,(H,3,4);;1H2;;. The third-order valence-corrected chi connectivity index (χ3v) is 7.35. The van der Waals surface area contributed by atoms with Gasteiger partial charge in [0.05, 0.1) is 0 Å². The Morgan fingerprint density at radius 2 is 1.13 bits per heavy atom. The van der Waals surface area contributed by atoms with Gasteiger partial charge in [-0.05, 0) is 23.0 Å². The van der Waals surface area contributed by atoms with Crippen LogP contribution >= 0.6 is 10.0 Å². The zero-order chi connectivity index (χ0) is 10.9. The molecule has 0 heterocycles. The summed E-state index contributed by atoms with van der Waals surface area (Å²) in [7, 11) is -0.148. The summed E-state index contributed by atoms with van der Waals surface area (Å²) in [5.41, 5.74) is 0. The first-order valence-corrected chi connectivity index (χ1v) is 7.22. The second-order valence-corrected chi connectivity index (χ2v) is 7.66. The van der Waals surface area contributed by atoms with Gasteiger partial charge in [-0.3, -0.25) is 4.79 Å². The number of rotatable bonds is 4. The van der Waals surface area contributed by atoms with Crippen molar-refractivity contribution in [3.8, 4) is 0 Å². The molecule has 5 heteroatoms. The number of carbonyl (C=O) groups is 1. The lowest BCUT2D eigenvalue weighted by molar-refractivity contribution is -0.134. The van der Waals surface area contributed by atoms with Crippen LogP contribution < -0.4 is 0 Å². The van der Waals surface area contributed by atoms with Gasteiger partial charge in [0, 0.05) is 6.92 Å². The van der Waals surface area contributed by atoms with E-state index in [4.69, 9.17) is 9.90 Å². The van der Waals surface area contributed by atoms with Crippen LogP contribution in [-0.4, -0.2) is 62.6 Å². The zero-order valence-corrected chi connectivity index (χ0v) is 10.9. The van der Waals surface area contributed by atoms with Crippen LogP contribution in [0, 0.1) is 0 Å². The molecule has 0 saturated carbocycles. The Labute approximate surface area is 112 Å². The van der Waals surface area contributed by atoms with Gasteiger partial charge >= 0.3 is 23.1 Å². The average molecular weight is 253 g/mol. The molecule has 0 saturated heterocycles. The summed E-state index contributed by atoms with van der Waals surface area (Å²) in [5.74, 6) is 4.87. The van der Waals surface area contributed by atoms with Crippen LogP contribution in [0.15, 0.2) is 0 Å². The Bertz CT molecular complexity index is 117. The van der Waals surface area contributed by atoms with Gasteiger partial charge in [0.1, 0.15) is 0 Å². The number of hydrogen-bond donors (Lipinski definition) is 1. The van der Waals surface area contributed by atoms with Crippen molar-refractivity contribution in [2.24, 2.45) is 0 Å². The molecule has 3 nitrogen and oxygen atoms in total. The van der Waals surface area contributed by atoms with E-state index in [1.807, 2.05) is 0 Å². The molecular weight excluding hydrogens is 224 g/mol. The molecule has 0 amide bonds. The molecule has 3 N–H and O–H groups in total. The topological polar surface area (TPSA) is 68.8 Å². The quantitative estimate of drug-likeness (QED) is 0.765. The SMILES string of the molecule is CC(=O)O.CCS(CC)(CC)CC.O.[MgH2]. The van der Waals surface area contributed by atoms with Crippen LogP contribution in [0.2, 0.25) is 0 Å². The fraction of sp³-hybridized carbons (Fsp3) is 0.900. The third kappa shape index (κ3) is 14.5. The molecule has 15 heavy (non-hydrogen) atoms. The smallest absolute Gasteiger partial charge is 0.316 e. The van der Waals surface area contributed by atoms with Crippen molar-refractivity contribution in [2.45, 2.75) is 34.6 Å². The molecule has 0 aliphatic rings. The van der Waals surface area contributed by atoms with Crippen LogP contribution in [0.4, 0.5) is 0 Å². The predicted octanol–water partition coefficient (Wildman–Crippen LogP) is 1.22. The summed E-state index contributed by atoms with van der Waals surface area (Å²) in [4.78, 5) is 9.00. The average Bonchev–Trinajstić information content (AvgIpc) is 2.09. The Hall–Kier alpha value is 0.546. The maximum atomic E-state index is 9.00. The van der Waals surface area contributed by atoms with E-state index in [0.29, 0.717) is 0 Å². The van der Waals surface area contributed by atoms with E-state index < -0.39 is 5.97 Å². The molecule has 0 rings (SSSR count). The van der Waals surface area contributed by atoms with Crippen LogP contribution in [0.3, 0.4) is 0 Å². The highest BCUT2D eigenvalue weighted by Crippen LogP contribution is 2.45. The highest BCUT2D eigenvalue weighted by atomic mass is 32.3. The van der Waals surface area contributed by atoms with E-state index in [0.717, 1.165) is 6.92 Å². The number of carboxylic acid groups (broad SMARTS) is 1. The molecule has 0 atom stereocenters. The van der Waals surface area contributed by atoms with Gasteiger partial charge < -0.3 is 10.6 Å². The van der Waals surface area contributed by atoms with Gasteiger partial charge in [-0.25, -0.2) is 10.0 Å². The van der Waals surface area contributed by atoms with Crippen molar-refractivity contribution in [3.63, 3.8) is 0 Å². The van der Waals surface area contributed by atoms with Crippen molar-refractivity contribution in [2.75, 3.05) is 23.0 Å². The Morgan fingerprint density at radius 3 is 1.13 bits per heavy atom. The van der Waals surface area contributed by atoms with Gasteiger partial charge in [-0.15, -0.1) is 0 Å². The predicted molar refractivity (Wildman–Crippen MR) is 75.2 cm³/mol. The Kier molecular flexibility index (Phi) is 23.9. The maximum absolute atomic E-state index is 9.00. The molecular formula is C10H28MgO3S. The van der Waals surface area contributed by atoms with Crippen LogP contribution in [-0.2, 0) is 4.79 Å². The number of aliphatic carboxylic acids is 1. The Balaban J connectivity index is -0.0000000883. The van der Waals surface area contributed by atoms with Crippen LogP contribution in [0.5, 0.6) is 0 Å². The minimum atomic E-state index is -0.833. The lowest BCUT2D eigenvalue weighted by Gasteiger charge is -2.35. The molecule has 0 radical (unpaired) electrons. The van der Waals surface area contributed by atoms with Crippen LogP contribution in [0.1, 0.15) is 34.6 Å². The number of hydrogen-bond acceptors (Lipinski definition) is 1. The first-order valence-electron chi connectivity index (χ1n) is 4.91. The van der Waals surface area contributed by atoms with E-state index in [1.54, 1.807) is 0 Å². The van der Waals surface area contributed by atoms with Crippen molar-refractivity contribution in [3.05, 3.63) is 0 Å². The molecule has 0 aromatic rings. The van der Waals surface area contributed by atoms with Crippen LogP contribution in [0.25, 0.3) is 0 Å². The molecule has 0 aliphatic carbocycles. The third-order valence-electron chi connectivity index (χ3n) is 2.45. The molecule has 0 unspecified atom stereocenters. The van der Waals surface area contributed by atoms with E-state index in [2.05, 4.69) is 27.7 Å². The molecule has 0 bridgehead atoms. The lowest BCUT2D eigenvalue weighted by atomic mass is 10.9. The first-order chi connectivity index (χ1) is 5.97. The Morgan fingerprint density at radius 1 is 1.00 bits per heavy atom. The monoisotopic (exact) mass is 252 g/mol. The highest BCUT2D eigenvalue weighted by molar-refractivity contribution is 8.33. The maximum Gasteiger partial charge on any atom is 0.316 e. The fourth-order valence-electron chi connectivity index (χ4n) is 1.22. The normalized spacial score (nSPS) is 9.93. The minimum absolute atomic E-state index is 0. The van der Waals surface area contributed by atoms with Gasteiger partial charge in [0.25, 0.3) is 5.97 Å². The second-order valence-electron chi connectivity index (χ2n) is 2.90. The molecule has 0 fully saturated rings. The minimum Gasteiger partial charge on any atom is -0.481 e. The van der Waals surface area contributed by atoms with Crippen molar-refractivity contribution in [1.29, 1.82) is 0 Å². The molecule has 0 aromatic carbocycles. The summed E-state index contributed by atoms with van der Waals surface area (Å²) in [6.45, 7) is 10.4. The molecule has 0 aromatic heterocycles. The van der Waals surface area contributed by atoms with Gasteiger partial charge in [-0.1, -0.05) is 27.7 Å². The summed E-state index contributed by atoms with van der Waals surface area (Å²) >= 11 is 0. The number of carboxylic acids is 1. The van der Waals surface area contributed by atoms with Crippen molar-refractivity contribution < 1.29 is 15.4 Å². The summed E-state index contributed by atoms with van der Waals surface area (Å²) in [6.07, 6.45) is 0. The van der Waals surface area contributed by atoms with Gasteiger partial charge in [0.15, 0.2) is 0 Å². The molecule has 0 aliphatic heterocycles. The molecule has 94 valence electrons. The highest BCUT2D eigenvalue weighted by Gasteiger charge is 2.13. The van der Waals surface area contributed by atoms with E-state index in [-0.39, 0.29) is 38.6 Å².